The van der Waals surface area contributed by atoms with Gasteiger partial charge in [0.2, 0.25) is 5.91 Å². The van der Waals surface area contributed by atoms with Crippen molar-refractivity contribution >= 4 is 34.0 Å². The Kier molecular flexibility index (Phi) is 8.59. The maximum atomic E-state index is 12.9. The van der Waals surface area contributed by atoms with Crippen LogP contribution in [0.1, 0.15) is 94.5 Å². The molecule has 2 aliphatic rings. The van der Waals surface area contributed by atoms with Gasteiger partial charge in [0.05, 0.1) is 11.3 Å². The van der Waals surface area contributed by atoms with E-state index < -0.39 is 0 Å². The molecule has 0 aliphatic heterocycles. The lowest BCUT2D eigenvalue weighted by atomic mass is 9.69. The van der Waals surface area contributed by atoms with Crippen LogP contribution in [0.25, 0.3) is 0 Å². The number of nitriles is 1. The fraction of sp³-hybridized carbons (Fsp3) is 0.704. The lowest BCUT2D eigenvalue weighted by molar-refractivity contribution is -0.113. The molecule has 0 radical (unpaired) electrons. The lowest BCUT2D eigenvalue weighted by Gasteiger charge is -2.36. The van der Waals surface area contributed by atoms with Crippen LogP contribution in [-0.2, 0) is 30.6 Å². The molecule has 8 heteroatoms. The highest BCUT2D eigenvalue weighted by atomic mass is 32.2. The van der Waals surface area contributed by atoms with Gasteiger partial charge in [0.1, 0.15) is 16.9 Å². The minimum atomic E-state index is -0.0879. The summed E-state index contributed by atoms with van der Waals surface area (Å²) in [6.07, 6.45) is 11.7. The number of nitrogens with one attached hydrogen (secondary N) is 1. The summed E-state index contributed by atoms with van der Waals surface area (Å²) >= 11 is 3.04. The van der Waals surface area contributed by atoms with Crippen LogP contribution >= 0.6 is 23.1 Å². The van der Waals surface area contributed by atoms with Crippen LogP contribution in [0.4, 0.5) is 5.00 Å². The first kappa shape index (κ1) is 26.2. The Hall–Kier alpha value is -1.85. The zero-order valence-electron chi connectivity index (χ0n) is 21.7. The molecule has 190 valence electrons. The van der Waals surface area contributed by atoms with E-state index >= 15 is 0 Å². The summed E-state index contributed by atoms with van der Waals surface area (Å²) < 4.78 is 2.16. The number of carbonyl (C=O) groups is 1. The van der Waals surface area contributed by atoms with Crippen molar-refractivity contribution in [2.24, 2.45) is 17.3 Å². The van der Waals surface area contributed by atoms with Gasteiger partial charge in [-0.2, -0.15) is 5.26 Å². The topological polar surface area (TPSA) is 83.6 Å². The van der Waals surface area contributed by atoms with E-state index in [0.29, 0.717) is 27.8 Å². The average Bonchev–Trinajstić information content (AvgIpc) is 3.42. The molecule has 1 fully saturated rings. The molecule has 1 atom stereocenters. The second-order valence-electron chi connectivity index (χ2n) is 10.8. The normalized spacial score (nSPS) is 18.8. The molecule has 0 bridgehead atoms. The van der Waals surface area contributed by atoms with Crippen LogP contribution in [0.5, 0.6) is 0 Å². The standard InChI is InChI=1S/C27H39N5OS2/c1-5-27(3,4)19-12-13-20-21(16-28)25(35-22(20)15-19)29-24(33)17-34-26-31-30-23(32(26)6-2)14-18-10-8-7-9-11-18/h18-19H,5-15,17H2,1-4H3,(H,29,33). The van der Waals surface area contributed by atoms with E-state index in [-0.39, 0.29) is 11.7 Å². The van der Waals surface area contributed by atoms with Gasteiger partial charge in [0.15, 0.2) is 5.16 Å². The Morgan fingerprint density at radius 3 is 2.69 bits per heavy atom. The highest BCUT2D eigenvalue weighted by Crippen LogP contribution is 2.45. The van der Waals surface area contributed by atoms with Gasteiger partial charge < -0.3 is 9.88 Å². The van der Waals surface area contributed by atoms with Crippen molar-refractivity contribution in [1.29, 1.82) is 5.26 Å². The third kappa shape index (κ3) is 5.94. The molecule has 0 spiro atoms. The van der Waals surface area contributed by atoms with Gasteiger partial charge in [-0.1, -0.05) is 71.1 Å². The van der Waals surface area contributed by atoms with Crippen molar-refractivity contribution in [2.75, 3.05) is 11.1 Å². The summed E-state index contributed by atoms with van der Waals surface area (Å²) in [6, 6.07) is 2.37. The first-order valence-corrected chi connectivity index (χ1v) is 15.1. The number of amides is 1. The third-order valence-corrected chi connectivity index (χ3v) is 10.4. The Morgan fingerprint density at radius 1 is 1.23 bits per heavy atom. The fourth-order valence-electron chi connectivity index (χ4n) is 5.58. The number of carbonyl (C=O) groups excluding carboxylic acids is 1. The van der Waals surface area contributed by atoms with Gasteiger partial charge in [0, 0.05) is 17.8 Å². The molecule has 2 aromatic heterocycles. The highest BCUT2D eigenvalue weighted by Gasteiger charge is 2.34. The summed E-state index contributed by atoms with van der Waals surface area (Å²) in [7, 11) is 0. The summed E-state index contributed by atoms with van der Waals surface area (Å²) in [5, 5.41) is 23.3. The number of thiophene rings is 1. The zero-order valence-corrected chi connectivity index (χ0v) is 23.3. The van der Waals surface area contributed by atoms with Gasteiger partial charge in [0.25, 0.3) is 0 Å². The van der Waals surface area contributed by atoms with Crippen molar-refractivity contribution < 1.29 is 4.79 Å². The number of thioether (sulfide) groups is 1. The molecular formula is C27H39N5OS2. The predicted molar refractivity (Wildman–Crippen MR) is 144 cm³/mol. The van der Waals surface area contributed by atoms with Crippen molar-refractivity contribution in [3.8, 4) is 6.07 Å². The van der Waals surface area contributed by atoms with Crippen LogP contribution in [0, 0.1) is 28.6 Å². The molecule has 1 unspecified atom stereocenters. The molecule has 0 saturated heterocycles. The molecule has 1 amide bonds. The summed E-state index contributed by atoms with van der Waals surface area (Å²) in [4.78, 5) is 14.1. The first-order chi connectivity index (χ1) is 16.9. The summed E-state index contributed by atoms with van der Waals surface area (Å²) in [5.41, 5.74) is 2.11. The molecule has 6 nitrogen and oxygen atoms in total. The second kappa shape index (κ2) is 11.5. The van der Waals surface area contributed by atoms with Crippen LogP contribution < -0.4 is 5.32 Å². The Labute approximate surface area is 218 Å². The lowest BCUT2D eigenvalue weighted by Crippen LogP contribution is -2.28. The minimum absolute atomic E-state index is 0.0879. The van der Waals surface area contributed by atoms with E-state index in [1.165, 1.54) is 48.7 Å². The number of hydrogen-bond donors (Lipinski definition) is 1. The zero-order chi connectivity index (χ0) is 25.0. The molecular weight excluding hydrogens is 474 g/mol. The summed E-state index contributed by atoms with van der Waals surface area (Å²) in [6.45, 7) is 9.87. The van der Waals surface area contributed by atoms with Gasteiger partial charge in [-0.3, -0.25) is 4.79 Å². The Balaban J connectivity index is 1.39. The average molecular weight is 514 g/mol. The molecule has 2 heterocycles. The molecule has 4 rings (SSSR count). The molecule has 35 heavy (non-hydrogen) atoms. The van der Waals surface area contributed by atoms with Gasteiger partial charge in [-0.15, -0.1) is 21.5 Å². The Morgan fingerprint density at radius 2 is 2.00 bits per heavy atom. The van der Waals surface area contributed by atoms with E-state index in [0.717, 1.165) is 55.2 Å². The van der Waals surface area contributed by atoms with E-state index in [2.05, 4.69) is 53.8 Å². The molecule has 1 N–H and O–H groups in total. The monoisotopic (exact) mass is 513 g/mol. The van der Waals surface area contributed by atoms with Crippen LogP contribution in [0.2, 0.25) is 0 Å². The van der Waals surface area contributed by atoms with E-state index in [1.807, 2.05) is 0 Å². The highest BCUT2D eigenvalue weighted by molar-refractivity contribution is 7.99. The predicted octanol–water partition coefficient (Wildman–Crippen LogP) is 6.63. The largest absolute Gasteiger partial charge is 0.316 e. The van der Waals surface area contributed by atoms with E-state index in [9.17, 15) is 10.1 Å². The number of nitrogens with zero attached hydrogens (tertiary/aromatic N) is 4. The minimum Gasteiger partial charge on any atom is -0.316 e. The smallest absolute Gasteiger partial charge is 0.235 e. The van der Waals surface area contributed by atoms with Gasteiger partial charge in [-0.05, 0) is 49.0 Å². The number of rotatable bonds is 9. The fourth-order valence-corrected chi connectivity index (χ4v) is 7.70. The molecule has 1 saturated carbocycles. The Bertz CT molecular complexity index is 1070. The quantitative estimate of drug-likeness (QED) is 0.381. The molecule has 2 aromatic rings. The number of anilines is 1. The molecule has 2 aliphatic carbocycles. The number of hydrogen-bond acceptors (Lipinski definition) is 6. The maximum absolute atomic E-state index is 12.9. The molecule has 0 aromatic carbocycles. The van der Waals surface area contributed by atoms with Crippen molar-refractivity contribution in [1.82, 2.24) is 14.8 Å². The van der Waals surface area contributed by atoms with Crippen molar-refractivity contribution in [3.63, 3.8) is 0 Å². The first-order valence-electron chi connectivity index (χ1n) is 13.3. The number of fused-ring (bicyclic) bond motifs is 1. The number of aromatic nitrogens is 3. The third-order valence-electron chi connectivity index (χ3n) is 8.28. The summed E-state index contributed by atoms with van der Waals surface area (Å²) in [5.74, 6) is 2.55. The maximum Gasteiger partial charge on any atom is 0.235 e. The van der Waals surface area contributed by atoms with Crippen LogP contribution in [0.3, 0.4) is 0 Å². The van der Waals surface area contributed by atoms with Gasteiger partial charge in [-0.25, -0.2) is 0 Å². The van der Waals surface area contributed by atoms with Crippen LogP contribution in [0.15, 0.2) is 5.16 Å². The SMILES string of the molecule is CCn1c(CC2CCCCC2)nnc1SCC(=O)Nc1sc2c(c1C#N)CCC(C(C)(C)CC)C2. The van der Waals surface area contributed by atoms with E-state index in [4.69, 9.17) is 0 Å². The van der Waals surface area contributed by atoms with E-state index in [1.54, 1.807) is 11.3 Å². The van der Waals surface area contributed by atoms with Crippen molar-refractivity contribution in [2.45, 2.75) is 104 Å². The van der Waals surface area contributed by atoms with Gasteiger partial charge >= 0.3 is 0 Å². The van der Waals surface area contributed by atoms with Crippen molar-refractivity contribution in [3.05, 3.63) is 21.8 Å². The second-order valence-corrected chi connectivity index (χ2v) is 12.8. The van der Waals surface area contributed by atoms with Crippen LogP contribution in [-0.4, -0.2) is 26.4 Å².